The monoisotopic (exact) mass is 454 g/mol. The molecule has 1 N–H and O–H groups in total. The van der Waals surface area contributed by atoms with Gasteiger partial charge in [0.2, 0.25) is 0 Å². The summed E-state index contributed by atoms with van der Waals surface area (Å²) in [5.74, 6) is 0.899. The number of halogens is 1. The molecule has 0 spiro atoms. The van der Waals surface area contributed by atoms with Crippen molar-refractivity contribution in [2.75, 3.05) is 44.9 Å². The summed E-state index contributed by atoms with van der Waals surface area (Å²) in [7, 11) is 1.60. The fraction of sp³-hybridized carbons (Fsp3) is 0.440. The topological polar surface area (TPSA) is 66.4 Å². The average Bonchev–Trinajstić information content (AvgIpc) is 2.84. The third-order valence-electron chi connectivity index (χ3n) is 5.94. The molecule has 8 heteroatoms. The Morgan fingerprint density at radius 3 is 2.79 bits per heavy atom. The van der Waals surface area contributed by atoms with Gasteiger partial charge >= 0.3 is 0 Å². The van der Waals surface area contributed by atoms with E-state index in [-0.39, 0.29) is 24.3 Å². The largest absolute Gasteiger partial charge is 0.497 e. The van der Waals surface area contributed by atoms with Gasteiger partial charge in [0, 0.05) is 42.9 Å². The van der Waals surface area contributed by atoms with Crippen LogP contribution in [0.15, 0.2) is 64.1 Å². The number of morpholine rings is 1. The average molecular weight is 455 g/mol. The van der Waals surface area contributed by atoms with Crippen molar-refractivity contribution < 1.29 is 18.7 Å². The number of hydrogen-bond donors (Lipinski definition) is 1. The summed E-state index contributed by atoms with van der Waals surface area (Å²) in [6.07, 6.45) is 4.68. The predicted molar refractivity (Wildman–Crippen MR) is 127 cm³/mol. The first-order valence-corrected chi connectivity index (χ1v) is 11.4. The second-order valence-electron chi connectivity index (χ2n) is 8.45. The Morgan fingerprint density at radius 2 is 2.09 bits per heavy atom. The number of aliphatic imine (C=N–C) groups is 1. The quantitative estimate of drug-likeness (QED) is 0.737. The normalized spacial score (nSPS) is 18.9. The van der Waals surface area contributed by atoms with Crippen LogP contribution in [0.3, 0.4) is 0 Å². The van der Waals surface area contributed by atoms with Crippen molar-refractivity contribution >= 4 is 17.6 Å². The summed E-state index contributed by atoms with van der Waals surface area (Å²) in [6, 6.07) is 7.28. The Morgan fingerprint density at radius 1 is 1.30 bits per heavy atom. The van der Waals surface area contributed by atoms with Gasteiger partial charge in [-0.15, -0.1) is 0 Å². The number of anilines is 1. The first-order chi connectivity index (χ1) is 16.0. The van der Waals surface area contributed by atoms with E-state index in [1.54, 1.807) is 18.1 Å². The summed E-state index contributed by atoms with van der Waals surface area (Å²) < 4.78 is 25.8. The van der Waals surface area contributed by atoms with Crippen molar-refractivity contribution in [3.8, 4) is 5.75 Å². The molecule has 4 rings (SSSR count). The molecule has 1 amide bonds. The van der Waals surface area contributed by atoms with Crippen molar-refractivity contribution in [3.63, 3.8) is 0 Å². The van der Waals surface area contributed by atoms with E-state index >= 15 is 0 Å². The minimum absolute atomic E-state index is 0.122. The molecule has 2 aliphatic heterocycles. The van der Waals surface area contributed by atoms with Crippen LogP contribution >= 0.6 is 0 Å². The Hall–Kier alpha value is -3.13. The molecule has 33 heavy (non-hydrogen) atoms. The van der Waals surface area contributed by atoms with Gasteiger partial charge in [-0.1, -0.05) is 18.2 Å². The number of allylic oxidation sites excluding steroid dienone is 3. The van der Waals surface area contributed by atoms with Crippen LogP contribution < -0.4 is 15.0 Å². The first kappa shape index (κ1) is 23.0. The van der Waals surface area contributed by atoms with Gasteiger partial charge in [0.05, 0.1) is 38.1 Å². The zero-order valence-electron chi connectivity index (χ0n) is 19.4. The van der Waals surface area contributed by atoms with E-state index in [2.05, 4.69) is 15.2 Å². The molecular weight excluding hydrogens is 423 g/mol. The summed E-state index contributed by atoms with van der Waals surface area (Å²) in [4.78, 5) is 22.4. The highest BCUT2D eigenvalue weighted by molar-refractivity contribution is 6.08. The highest BCUT2D eigenvalue weighted by Gasteiger charge is 2.31. The summed E-state index contributed by atoms with van der Waals surface area (Å²) >= 11 is 0. The fourth-order valence-electron chi connectivity index (χ4n) is 4.23. The zero-order valence-corrected chi connectivity index (χ0v) is 19.4. The number of carbonyl (C=O) groups excluding carboxylic acids is 1. The molecule has 1 saturated heterocycles. The lowest BCUT2D eigenvalue weighted by Gasteiger charge is -2.35. The van der Waals surface area contributed by atoms with E-state index in [0.717, 1.165) is 5.69 Å². The number of hydrogen-bond acceptors (Lipinski definition) is 6. The molecule has 1 aromatic rings. The number of ether oxygens (including phenoxy) is 2. The smallest absolute Gasteiger partial charge is 0.258 e. The third kappa shape index (κ3) is 4.95. The van der Waals surface area contributed by atoms with Crippen LogP contribution in [0, 0.1) is 0 Å². The van der Waals surface area contributed by atoms with Crippen LogP contribution in [0.1, 0.15) is 26.7 Å². The minimum atomic E-state index is -0.217. The number of rotatable bonds is 5. The molecule has 2 heterocycles. The Labute approximate surface area is 194 Å². The molecule has 0 bridgehead atoms. The number of carbonyl (C=O) groups is 1. The second kappa shape index (κ2) is 10.2. The number of benzene rings is 1. The maximum Gasteiger partial charge on any atom is 0.258 e. The van der Waals surface area contributed by atoms with Gasteiger partial charge in [0.25, 0.3) is 5.91 Å². The van der Waals surface area contributed by atoms with E-state index in [0.29, 0.717) is 67.7 Å². The Balaban J connectivity index is 1.73. The van der Waals surface area contributed by atoms with Crippen molar-refractivity contribution in [2.45, 2.75) is 32.7 Å². The Kier molecular flexibility index (Phi) is 7.13. The van der Waals surface area contributed by atoms with Gasteiger partial charge in [-0.05, 0) is 32.4 Å². The summed E-state index contributed by atoms with van der Waals surface area (Å²) in [5.41, 5.74) is 2.09. The minimum Gasteiger partial charge on any atom is -0.497 e. The van der Waals surface area contributed by atoms with E-state index in [4.69, 9.17) is 9.47 Å². The lowest BCUT2D eigenvalue weighted by molar-refractivity contribution is -0.115. The van der Waals surface area contributed by atoms with Gasteiger partial charge < -0.3 is 24.6 Å². The number of methoxy groups -OCH3 is 1. The molecule has 0 atom stereocenters. The predicted octanol–water partition coefficient (Wildman–Crippen LogP) is 3.56. The number of guanidine groups is 1. The lowest BCUT2D eigenvalue weighted by Crippen LogP contribution is -2.50. The molecule has 0 saturated carbocycles. The number of nitrogens with zero attached hydrogens (tertiary/aromatic N) is 3. The molecule has 0 unspecified atom stereocenters. The summed E-state index contributed by atoms with van der Waals surface area (Å²) in [6.45, 7) is 6.70. The second-order valence-corrected chi connectivity index (χ2v) is 8.45. The van der Waals surface area contributed by atoms with Gasteiger partial charge in [0.1, 0.15) is 11.6 Å². The van der Waals surface area contributed by atoms with Crippen molar-refractivity contribution in [1.29, 1.82) is 0 Å². The van der Waals surface area contributed by atoms with Gasteiger partial charge in [-0.2, -0.15) is 0 Å². The van der Waals surface area contributed by atoms with Gasteiger partial charge in [-0.3, -0.25) is 4.79 Å². The van der Waals surface area contributed by atoms with E-state index in [9.17, 15) is 9.18 Å². The Bertz CT molecular complexity index is 1020. The van der Waals surface area contributed by atoms with Crippen LogP contribution in [0.4, 0.5) is 10.1 Å². The SMILES string of the molecule is COc1cccc(N(C(=O)C2=C(C3=C(F)CCC=C3)NC(N3CCOCC3)=NC2)C(C)C)c1. The molecule has 7 nitrogen and oxygen atoms in total. The first-order valence-electron chi connectivity index (χ1n) is 11.4. The van der Waals surface area contributed by atoms with Crippen LogP contribution in [-0.2, 0) is 9.53 Å². The zero-order chi connectivity index (χ0) is 23.4. The van der Waals surface area contributed by atoms with Crippen molar-refractivity contribution in [1.82, 2.24) is 10.2 Å². The standard InChI is InChI=1S/C25H31FN4O3/c1-17(2)30(18-7-6-8-19(15-18)32-3)24(31)21-16-27-25(29-11-13-33-14-12-29)28-23(21)20-9-4-5-10-22(20)26/h4,6-9,15,17H,5,10-14,16H2,1-3H3,(H,27,28). The molecule has 1 aliphatic carbocycles. The highest BCUT2D eigenvalue weighted by atomic mass is 19.1. The van der Waals surface area contributed by atoms with Crippen LogP contribution in [0.5, 0.6) is 5.75 Å². The molecule has 0 aromatic heterocycles. The van der Waals surface area contributed by atoms with E-state index in [1.807, 2.05) is 44.2 Å². The molecule has 1 aromatic carbocycles. The molecule has 3 aliphatic rings. The molecule has 1 fully saturated rings. The van der Waals surface area contributed by atoms with Crippen LogP contribution in [0.2, 0.25) is 0 Å². The number of amides is 1. The van der Waals surface area contributed by atoms with Gasteiger partial charge in [-0.25, -0.2) is 9.38 Å². The van der Waals surface area contributed by atoms with Crippen LogP contribution in [-0.4, -0.2) is 62.8 Å². The molecular formula is C25H31FN4O3. The maximum absolute atomic E-state index is 15.0. The van der Waals surface area contributed by atoms with Crippen molar-refractivity contribution in [2.24, 2.45) is 4.99 Å². The van der Waals surface area contributed by atoms with E-state index < -0.39 is 0 Å². The van der Waals surface area contributed by atoms with Crippen molar-refractivity contribution in [3.05, 3.63) is 59.1 Å². The molecule has 0 radical (unpaired) electrons. The maximum atomic E-state index is 15.0. The third-order valence-corrected chi connectivity index (χ3v) is 5.94. The van der Waals surface area contributed by atoms with Crippen LogP contribution in [0.25, 0.3) is 0 Å². The van der Waals surface area contributed by atoms with E-state index in [1.165, 1.54) is 0 Å². The number of nitrogens with one attached hydrogen (secondary N) is 1. The van der Waals surface area contributed by atoms with Gasteiger partial charge in [0.15, 0.2) is 5.96 Å². The highest BCUT2D eigenvalue weighted by Crippen LogP contribution is 2.31. The molecule has 176 valence electrons. The fourth-order valence-corrected chi connectivity index (χ4v) is 4.23. The summed E-state index contributed by atoms with van der Waals surface area (Å²) in [5, 5.41) is 3.30. The lowest BCUT2D eigenvalue weighted by atomic mass is 9.97.